The van der Waals surface area contributed by atoms with Crippen molar-refractivity contribution >= 4 is 22.1 Å². The smallest absolute Gasteiger partial charge is 0.270 e. The molecule has 1 heterocycles. The van der Waals surface area contributed by atoms with Crippen molar-refractivity contribution < 1.29 is 9.82 Å². The first-order valence-corrected chi connectivity index (χ1v) is 9.39. The highest BCUT2D eigenvalue weighted by molar-refractivity contribution is 5.85. The van der Waals surface area contributed by atoms with Crippen LogP contribution in [0.2, 0.25) is 0 Å². The lowest BCUT2D eigenvalue weighted by Crippen LogP contribution is -3.13. The minimum Gasteiger partial charge on any atom is -0.359 e. The lowest BCUT2D eigenvalue weighted by molar-refractivity contribution is -0.914. The van der Waals surface area contributed by atoms with Crippen molar-refractivity contribution in [3.8, 4) is 6.07 Å². The van der Waals surface area contributed by atoms with Gasteiger partial charge in [0.1, 0.15) is 12.6 Å². The Balaban J connectivity index is 1.46. The topological polar surface area (TPSA) is 74.6 Å². The summed E-state index contributed by atoms with van der Waals surface area (Å²) in [6, 6.07) is 21.6. The highest BCUT2D eigenvalue weighted by atomic mass is 16.6. The number of nitrogens with one attached hydrogen (secondary N) is 1. The second kappa shape index (κ2) is 7.67. The van der Waals surface area contributed by atoms with Crippen molar-refractivity contribution in [2.45, 2.75) is 6.54 Å². The van der Waals surface area contributed by atoms with Crippen LogP contribution in [-0.4, -0.2) is 31.1 Å². The SMILES string of the molecule is N#Cc1cc([N+](=O)[O-])ccc1N1CC[NH+](Cc2cccc3ccccc23)CC1. The Bertz CT molecular complexity index is 1060. The molecule has 3 aromatic carbocycles. The maximum absolute atomic E-state index is 10.9. The lowest BCUT2D eigenvalue weighted by atomic mass is 10.0. The zero-order valence-electron chi connectivity index (χ0n) is 15.5. The summed E-state index contributed by atoms with van der Waals surface area (Å²) in [5, 5.41) is 22.9. The molecule has 0 aromatic heterocycles. The minimum atomic E-state index is -0.461. The molecule has 1 aliphatic heterocycles. The summed E-state index contributed by atoms with van der Waals surface area (Å²) in [7, 11) is 0. The van der Waals surface area contributed by atoms with Gasteiger partial charge < -0.3 is 9.80 Å². The number of anilines is 1. The molecule has 6 heteroatoms. The highest BCUT2D eigenvalue weighted by Gasteiger charge is 2.23. The van der Waals surface area contributed by atoms with Crippen LogP contribution in [-0.2, 0) is 6.54 Å². The van der Waals surface area contributed by atoms with Crippen molar-refractivity contribution in [2.24, 2.45) is 0 Å². The molecule has 28 heavy (non-hydrogen) atoms. The number of nitriles is 1. The number of nitrogens with zero attached hydrogens (tertiary/aromatic N) is 3. The average Bonchev–Trinajstić information content (AvgIpc) is 2.74. The minimum absolute atomic E-state index is 0.0412. The van der Waals surface area contributed by atoms with Gasteiger partial charge in [-0.15, -0.1) is 0 Å². The van der Waals surface area contributed by atoms with Gasteiger partial charge in [-0.3, -0.25) is 10.1 Å². The Labute approximate surface area is 163 Å². The summed E-state index contributed by atoms with van der Waals surface area (Å²) in [5.74, 6) is 0. The predicted molar refractivity (Wildman–Crippen MR) is 108 cm³/mol. The number of non-ortho nitro benzene ring substituents is 1. The van der Waals surface area contributed by atoms with Gasteiger partial charge in [0, 0.05) is 17.7 Å². The molecule has 1 fully saturated rings. The van der Waals surface area contributed by atoms with Gasteiger partial charge in [-0.05, 0) is 16.8 Å². The summed E-state index contributed by atoms with van der Waals surface area (Å²) in [6.45, 7) is 4.55. The van der Waals surface area contributed by atoms with E-state index in [9.17, 15) is 15.4 Å². The predicted octanol–water partition coefficient (Wildman–Crippen LogP) is 2.52. The van der Waals surface area contributed by atoms with Crippen LogP contribution in [0.15, 0.2) is 60.7 Å². The molecule has 0 amide bonds. The Kier molecular flexibility index (Phi) is 4.92. The van der Waals surface area contributed by atoms with Crippen molar-refractivity contribution in [1.29, 1.82) is 5.26 Å². The second-order valence-corrected chi connectivity index (χ2v) is 7.12. The third kappa shape index (κ3) is 3.53. The van der Waals surface area contributed by atoms with E-state index in [2.05, 4.69) is 53.4 Å². The third-order valence-electron chi connectivity index (χ3n) is 5.44. The standard InChI is InChI=1S/C22H20N4O2/c23-15-19-14-20(26(27)28)8-9-22(19)25-12-10-24(11-13-25)16-18-6-3-5-17-4-1-2-7-21(17)18/h1-9,14H,10-13,16H2/p+1. The van der Waals surface area contributed by atoms with E-state index >= 15 is 0 Å². The molecule has 0 saturated carbocycles. The van der Waals surface area contributed by atoms with Crippen LogP contribution in [0.4, 0.5) is 11.4 Å². The van der Waals surface area contributed by atoms with Crippen molar-refractivity contribution in [1.82, 2.24) is 0 Å². The summed E-state index contributed by atoms with van der Waals surface area (Å²) < 4.78 is 0. The van der Waals surface area contributed by atoms with E-state index in [-0.39, 0.29) is 5.69 Å². The first-order chi connectivity index (χ1) is 13.7. The highest BCUT2D eigenvalue weighted by Crippen LogP contribution is 2.25. The van der Waals surface area contributed by atoms with Gasteiger partial charge in [0.2, 0.25) is 0 Å². The maximum Gasteiger partial charge on any atom is 0.270 e. The first kappa shape index (κ1) is 18.0. The molecule has 1 N–H and O–H groups in total. The molecular weight excluding hydrogens is 352 g/mol. The Morgan fingerprint density at radius 1 is 1.07 bits per heavy atom. The summed E-state index contributed by atoms with van der Waals surface area (Å²) in [6.07, 6.45) is 0. The fourth-order valence-electron chi connectivity index (χ4n) is 3.96. The molecule has 0 radical (unpaired) electrons. The molecular formula is C22H21N4O2+. The van der Waals surface area contributed by atoms with Crippen LogP contribution in [0, 0.1) is 21.4 Å². The van der Waals surface area contributed by atoms with Gasteiger partial charge in [0.05, 0.1) is 42.4 Å². The first-order valence-electron chi connectivity index (χ1n) is 9.39. The average molecular weight is 373 g/mol. The van der Waals surface area contributed by atoms with Gasteiger partial charge in [0.15, 0.2) is 0 Å². The van der Waals surface area contributed by atoms with Crippen LogP contribution >= 0.6 is 0 Å². The van der Waals surface area contributed by atoms with Gasteiger partial charge in [-0.25, -0.2) is 0 Å². The zero-order chi connectivity index (χ0) is 19.5. The number of nitro benzene ring substituents is 1. The van der Waals surface area contributed by atoms with Crippen LogP contribution in [0.25, 0.3) is 10.8 Å². The van der Waals surface area contributed by atoms with Gasteiger partial charge in [-0.1, -0.05) is 42.5 Å². The molecule has 0 spiro atoms. The molecule has 0 aliphatic carbocycles. The van der Waals surface area contributed by atoms with Crippen molar-refractivity contribution in [3.05, 3.63) is 81.9 Å². The molecule has 3 aromatic rings. The Hall–Kier alpha value is -3.43. The summed E-state index contributed by atoms with van der Waals surface area (Å²) >= 11 is 0. The number of hydrogen-bond acceptors (Lipinski definition) is 4. The van der Waals surface area contributed by atoms with Crippen LogP contribution in [0.1, 0.15) is 11.1 Å². The number of benzene rings is 3. The fraction of sp³-hybridized carbons (Fsp3) is 0.227. The molecule has 140 valence electrons. The van der Waals surface area contributed by atoms with E-state index in [1.54, 1.807) is 6.07 Å². The number of quaternary nitrogens is 1. The van der Waals surface area contributed by atoms with E-state index < -0.39 is 4.92 Å². The number of piperazine rings is 1. The van der Waals surface area contributed by atoms with E-state index in [4.69, 9.17) is 0 Å². The lowest BCUT2D eigenvalue weighted by Gasteiger charge is -2.34. The van der Waals surface area contributed by atoms with Crippen LogP contribution in [0.3, 0.4) is 0 Å². The molecule has 4 rings (SSSR count). The van der Waals surface area contributed by atoms with Crippen molar-refractivity contribution in [2.75, 3.05) is 31.1 Å². The van der Waals surface area contributed by atoms with Crippen LogP contribution in [0.5, 0.6) is 0 Å². The van der Waals surface area contributed by atoms with Gasteiger partial charge in [0.25, 0.3) is 5.69 Å². The molecule has 0 atom stereocenters. The maximum atomic E-state index is 10.9. The van der Waals surface area contributed by atoms with Crippen LogP contribution < -0.4 is 9.80 Å². The van der Waals surface area contributed by atoms with E-state index in [0.29, 0.717) is 5.56 Å². The van der Waals surface area contributed by atoms with E-state index in [1.807, 2.05) is 0 Å². The normalized spacial score (nSPS) is 14.8. The van der Waals surface area contributed by atoms with E-state index in [1.165, 1.54) is 33.4 Å². The largest absolute Gasteiger partial charge is 0.359 e. The summed E-state index contributed by atoms with van der Waals surface area (Å²) in [5.41, 5.74) is 2.47. The number of nitro groups is 1. The molecule has 6 nitrogen and oxygen atoms in total. The quantitative estimate of drug-likeness (QED) is 0.563. The second-order valence-electron chi connectivity index (χ2n) is 7.12. The third-order valence-corrected chi connectivity index (χ3v) is 5.44. The number of hydrogen-bond donors (Lipinski definition) is 1. The van der Waals surface area contributed by atoms with E-state index in [0.717, 1.165) is 38.4 Å². The fourth-order valence-corrected chi connectivity index (χ4v) is 3.96. The molecule has 0 unspecified atom stereocenters. The zero-order valence-corrected chi connectivity index (χ0v) is 15.5. The molecule has 1 saturated heterocycles. The van der Waals surface area contributed by atoms with Gasteiger partial charge in [-0.2, -0.15) is 5.26 Å². The Morgan fingerprint density at radius 3 is 2.57 bits per heavy atom. The number of rotatable bonds is 4. The van der Waals surface area contributed by atoms with Crippen molar-refractivity contribution in [3.63, 3.8) is 0 Å². The monoisotopic (exact) mass is 373 g/mol. The summed E-state index contributed by atoms with van der Waals surface area (Å²) in [4.78, 5) is 14.2. The Morgan fingerprint density at radius 2 is 1.82 bits per heavy atom. The van der Waals surface area contributed by atoms with Gasteiger partial charge >= 0.3 is 0 Å². The number of fused-ring (bicyclic) bond motifs is 1. The molecule has 0 bridgehead atoms. The molecule has 1 aliphatic rings.